The Labute approximate surface area is 108 Å². The molecule has 0 saturated carbocycles. The molecule has 0 spiro atoms. The van der Waals surface area contributed by atoms with Crippen LogP contribution in [0, 0.1) is 6.92 Å². The van der Waals surface area contributed by atoms with Gasteiger partial charge in [-0.2, -0.15) is 4.98 Å². The molecule has 5 heteroatoms. The predicted octanol–water partition coefficient (Wildman–Crippen LogP) is 3.07. The monoisotopic (exact) mass is 257 g/mol. The molecule has 18 heavy (non-hydrogen) atoms. The van der Waals surface area contributed by atoms with E-state index in [0.29, 0.717) is 11.7 Å². The van der Waals surface area contributed by atoms with Gasteiger partial charge in [-0.05, 0) is 30.0 Å². The second-order valence-corrected chi connectivity index (χ2v) is 4.75. The summed E-state index contributed by atoms with van der Waals surface area (Å²) in [6.07, 6.45) is 1.73. The average molecular weight is 257 g/mol. The van der Waals surface area contributed by atoms with E-state index in [1.807, 2.05) is 25.1 Å². The van der Waals surface area contributed by atoms with Crippen molar-refractivity contribution in [3.8, 4) is 17.4 Å². The first-order valence-electron chi connectivity index (χ1n) is 5.51. The SMILES string of the molecule is COc1nc(-c2ccccn2)nc2c(C)csc12. The molecular formula is C13H11N3OS. The summed E-state index contributed by atoms with van der Waals surface area (Å²) in [4.78, 5) is 13.3. The highest BCUT2D eigenvalue weighted by Crippen LogP contribution is 2.32. The van der Waals surface area contributed by atoms with Crippen LogP contribution >= 0.6 is 11.3 Å². The summed E-state index contributed by atoms with van der Waals surface area (Å²) in [5, 5.41) is 2.06. The topological polar surface area (TPSA) is 47.9 Å². The summed E-state index contributed by atoms with van der Waals surface area (Å²) >= 11 is 1.60. The number of nitrogens with zero attached hydrogens (tertiary/aromatic N) is 3. The molecule has 0 fully saturated rings. The molecular weight excluding hydrogens is 246 g/mol. The highest BCUT2D eigenvalue weighted by molar-refractivity contribution is 7.17. The van der Waals surface area contributed by atoms with E-state index in [9.17, 15) is 0 Å². The lowest BCUT2D eigenvalue weighted by molar-refractivity contribution is 0.404. The van der Waals surface area contributed by atoms with Crippen LogP contribution in [0.4, 0.5) is 0 Å². The molecule has 0 saturated heterocycles. The number of rotatable bonds is 2. The molecule has 0 aliphatic heterocycles. The van der Waals surface area contributed by atoms with E-state index >= 15 is 0 Å². The van der Waals surface area contributed by atoms with Crippen LogP contribution in [-0.2, 0) is 0 Å². The van der Waals surface area contributed by atoms with Gasteiger partial charge in [0, 0.05) is 6.20 Å². The first-order valence-corrected chi connectivity index (χ1v) is 6.39. The smallest absolute Gasteiger partial charge is 0.235 e. The van der Waals surface area contributed by atoms with Gasteiger partial charge in [0.05, 0.1) is 12.6 Å². The first-order chi connectivity index (χ1) is 8.79. The minimum absolute atomic E-state index is 0.599. The average Bonchev–Trinajstić information content (AvgIpc) is 2.81. The van der Waals surface area contributed by atoms with Crippen molar-refractivity contribution in [2.45, 2.75) is 6.92 Å². The molecule has 0 aliphatic rings. The summed E-state index contributed by atoms with van der Waals surface area (Å²) in [5.74, 6) is 1.21. The lowest BCUT2D eigenvalue weighted by Gasteiger charge is -2.04. The molecule has 3 rings (SSSR count). The molecule has 0 aliphatic carbocycles. The van der Waals surface area contributed by atoms with Gasteiger partial charge in [0.1, 0.15) is 10.4 Å². The minimum Gasteiger partial charge on any atom is -0.480 e. The number of methoxy groups -OCH3 is 1. The zero-order chi connectivity index (χ0) is 12.5. The van der Waals surface area contributed by atoms with Gasteiger partial charge in [-0.25, -0.2) is 4.98 Å². The van der Waals surface area contributed by atoms with Gasteiger partial charge in [0.2, 0.25) is 5.88 Å². The van der Waals surface area contributed by atoms with E-state index in [0.717, 1.165) is 21.5 Å². The highest BCUT2D eigenvalue weighted by Gasteiger charge is 2.13. The van der Waals surface area contributed by atoms with Crippen LogP contribution in [0.5, 0.6) is 5.88 Å². The second kappa shape index (κ2) is 4.34. The number of aryl methyl sites for hydroxylation is 1. The molecule has 3 aromatic rings. The Balaban J connectivity index is 2.28. The zero-order valence-corrected chi connectivity index (χ0v) is 10.9. The number of aromatic nitrogens is 3. The van der Waals surface area contributed by atoms with E-state index in [-0.39, 0.29) is 0 Å². The Kier molecular flexibility index (Phi) is 2.68. The molecule has 0 radical (unpaired) electrons. The van der Waals surface area contributed by atoms with E-state index < -0.39 is 0 Å². The van der Waals surface area contributed by atoms with Gasteiger partial charge in [-0.1, -0.05) is 6.07 Å². The Morgan fingerprint density at radius 1 is 1.22 bits per heavy atom. The standard InChI is InChI=1S/C13H11N3OS/c1-8-7-18-11-10(8)15-12(16-13(11)17-2)9-5-3-4-6-14-9/h3-7H,1-2H3. The maximum atomic E-state index is 5.33. The summed E-state index contributed by atoms with van der Waals surface area (Å²) in [6.45, 7) is 2.04. The van der Waals surface area contributed by atoms with Crippen LogP contribution in [-0.4, -0.2) is 22.1 Å². The first kappa shape index (κ1) is 11.1. The molecule has 0 bridgehead atoms. The summed E-state index contributed by atoms with van der Waals surface area (Å²) in [5.41, 5.74) is 2.82. The zero-order valence-electron chi connectivity index (χ0n) is 10.0. The van der Waals surface area contributed by atoms with Crippen LogP contribution in [0.1, 0.15) is 5.56 Å². The maximum Gasteiger partial charge on any atom is 0.235 e. The molecule has 90 valence electrons. The number of hydrogen-bond donors (Lipinski definition) is 0. The van der Waals surface area contributed by atoms with Gasteiger partial charge >= 0.3 is 0 Å². The van der Waals surface area contributed by atoms with Gasteiger partial charge < -0.3 is 4.74 Å². The third kappa shape index (κ3) is 1.73. The summed E-state index contributed by atoms with van der Waals surface area (Å²) in [7, 11) is 1.62. The number of ether oxygens (including phenoxy) is 1. The van der Waals surface area contributed by atoms with Crippen molar-refractivity contribution in [1.29, 1.82) is 0 Å². The van der Waals surface area contributed by atoms with E-state index in [1.54, 1.807) is 24.6 Å². The van der Waals surface area contributed by atoms with Crippen LogP contribution < -0.4 is 4.74 Å². The molecule has 0 N–H and O–H groups in total. The molecule has 3 aromatic heterocycles. The Morgan fingerprint density at radius 3 is 2.83 bits per heavy atom. The van der Waals surface area contributed by atoms with Crippen molar-refractivity contribution in [1.82, 2.24) is 15.0 Å². The number of pyridine rings is 1. The van der Waals surface area contributed by atoms with Crippen molar-refractivity contribution in [3.05, 3.63) is 35.3 Å². The third-order valence-electron chi connectivity index (χ3n) is 2.65. The van der Waals surface area contributed by atoms with E-state index in [2.05, 4.69) is 20.3 Å². The molecule has 3 heterocycles. The second-order valence-electron chi connectivity index (χ2n) is 3.87. The minimum atomic E-state index is 0.599. The summed E-state index contributed by atoms with van der Waals surface area (Å²) < 4.78 is 6.32. The molecule has 0 unspecified atom stereocenters. The quantitative estimate of drug-likeness (QED) is 0.708. The van der Waals surface area contributed by atoms with Crippen molar-refractivity contribution < 1.29 is 4.74 Å². The highest BCUT2D eigenvalue weighted by atomic mass is 32.1. The van der Waals surface area contributed by atoms with E-state index in [1.165, 1.54) is 0 Å². The van der Waals surface area contributed by atoms with Crippen LogP contribution in [0.15, 0.2) is 29.8 Å². The van der Waals surface area contributed by atoms with Crippen molar-refractivity contribution >= 4 is 21.6 Å². The Bertz CT molecular complexity index is 694. The van der Waals surface area contributed by atoms with Crippen molar-refractivity contribution in [2.75, 3.05) is 7.11 Å². The van der Waals surface area contributed by atoms with Crippen LogP contribution in [0.25, 0.3) is 21.7 Å². The van der Waals surface area contributed by atoms with Gasteiger partial charge in [-0.15, -0.1) is 11.3 Å². The third-order valence-corrected chi connectivity index (χ3v) is 3.72. The van der Waals surface area contributed by atoms with Gasteiger partial charge in [-0.3, -0.25) is 4.98 Å². The molecule has 0 atom stereocenters. The van der Waals surface area contributed by atoms with E-state index in [4.69, 9.17) is 4.74 Å². The fraction of sp³-hybridized carbons (Fsp3) is 0.154. The lowest BCUT2D eigenvalue weighted by Crippen LogP contribution is -1.95. The lowest BCUT2D eigenvalue weighted by atomic mass is 10.3. The van der Waals surface area contributed by atoms with Crippen LogP contribution in [0.2, 0.25) is 0 Å². The van der Waals surface area contributed by atoms with Crippen LogP contribution in [0.3, 0.4) is 0 Å². The normalized spacial score (nSPS) is 10.8. The molecule has 4 nitrogen and oxygen atoms in total. The maximum absolute atomic E-state index is 5.33. The van der Waals surface area contributed by atoms with Gasteiger partial charge in [0.25, 0.3) is 0 Å². The fourth-order valence-electron chi connectivity index (χ4n) is 1.75. The number of hydrogen-bond acceptors (Lipinski definition) is 5. The molecule has 0 aromatic carbocycles. The van der Waals surface area contributed by atoms with Crippen molar-refractivity contribution in [3.63, 3.8) is 0 Å². The van der Waals surface area contributed by atoms with Gasteiger partial charge in [0.15, 0.2) is 5.82 Å². The number of thiophene rings is 1. The Morgan fingerprint density at radius 2 is 2.11 bits per heavy atom. The predicted molar refractivity (Wildman–Crippen MR) is 71.9 cm³/mol. The fourth-order valence-corrected chi connectivity index (χ4v) is 2.71. The summed E-state index contributed by atoms with van der Waals surface area (Å²) in [6, 6.07) is 5.68. The number of fused-ring (bicyclic) bond motifs is 1. The van der Waals surface area contributed by atoms with Crippen molar-refractivity contribution in [2.24, 2.45) is 0 Å². The molecule has 0 amide bonds. The Hall–Kier alpha value is -2.01. The largest absolute Gasteiger partial charge is 0.480 e.